The van der Waals surface area contributed by atoms with Gasteiger partial charge in [-0.15, -0.1) is 0 Å². The van der Waals surface area contributed by atoms with Crippen LogP contribution in [0.4, 0.5) is 5.95 Å². The maximum atomic E-state index is 13.2. The van der Waals surface area contributed by atoms with E-state index < -0.39 is 0 Å². The third-order valence-corrected chi connectivity index (χ3v) is 8.30. The number of carbonyl (C=O) groups is 1. The number of nitrogens with zero attached hydrogens (tertiary/aromatic N) is 4. The van der Waals surface area contributed by atoms with E-state index in [0.29, 0.717) is 35.3 Å². The molecular weight excluding hydrogens is 478 g/mol. The predicted octanol–water partition coefficient (Wildman–Crippen LogP) is 5.54. The van der Waals surface area contributed by atoms with E-state index in [1.165, 1.54) is 5.56 Å². The summed E-state index contributed by atoms with van der Waals surface area (Å²) in [6.45, 7) is 5.80. The Labute approximate surface area is 225 Å². The lowest BCUT2D eigenvalue weighted by Crippen LogP contribution is -2.37. The largest absolute Gasteiger partial charge is 0.497 e. The lowest BCUT2D eigenvalue weighted by molar-refractivity contribution is 0.0712. The van der Waals surface area contributed by atoms with Crippen LogP contribution in [0.2, 0.25) is 0 Å². The zero-order valence-electron chi connectivity index (χ0n) is 22.9. The van der Waals surface area contributed by atoms with Gasteiger partial charge < -0.3 is 24.6 Å². The number of anilines is 1. The van der Waals surface area contributed by atoms with E-state index in [1.807, 2.05) is 35.4 Å². The number of aromatic nitrogens is 3. The van der Waals surface area contributed by atoms with Gasteiger partial charge in [0, 0.05) is 48.5 Å². The number of benzene rings is 1. The number of aliphatic hydroxyl groups excluding tert-OH is 1. The van der Waals surface area contributed by atoms with Gasteiger partial charge in [0.15, 0.2) is 0 Å². The second-order valence-corrected chi connectivity index (χ2v) is 11.0. The molecule has 8 heteroatoms. The van der Waals surface area contributed by atoms with Crippen LogP contribution in [-0.4, -0.2) is 62.8 Å². The highest BCUT2D eigenvalue weighted by atomic mass is 16.5. The first kappa shape index (κ1) is 26.5. The highest BCUT2D eigenvalue weighted by Gasteiger charge is 2.30. The van der Waals surface area contributed by atoms with E-state index in [-0.39, 0.29) is 12.0 Å². The van der Waals surface area contributed by atoms with E-state index >= 15 is 0 Å². The van der Waals surface area contributed by atoms with Gasteiger partial charge in [-0.3, -0.25) is 4.79 Å². The lowest BCUT2D eigenvalue weighted by atomic mass is 9.89. The number of methoxy groups -OCH3 is 1. The van der Waals surface area contributed by atoms with Gasteiger partial charge in [0.2, 0.25) is 5.95 Å². The molecule has 0 bridgehead atoms. The average molecular weight is 520 g/mol. The van der Waals surface area contributed by atoms with Crippen molar-refractivity contribution in [1.29, 1.82) is 0 Å². The summed E-state index contributed by atoms with van der Waals surface area (Å²) in [5.74, 6) is 1.79. The number of rotatable bonds is 8. The van der Waals surface area contributed by atoms with Gasteiger partial charge in [0.25, 0.3) is 5.91 Å². The topological polar surface area (TPSA) is 92.5 Å². The van der Waals surface area contributed by atoms with Crippen molar-refractivity contribution in [2.24, 2.45) is 0 Å². The molecule has 3 aromatic rings. The van der Waals surface area contributed by atoms with E-state index in [9.17, 15) is 9.90 Å². The third kappa shape index (κ3) is 5.65. The minimum absolute atomic E-state index is 0.0609. The smallest absolute Gasteiger partial charge is 0.253 e. The number of fused-ring (bicyclic) bond motifs is 1. The normalized spacial score (nSPS) is 21.4. The molecule has 1 aromatic carbocycles. The average Bonchev–Trinajstić information content (AvgIpc) is 3.32. The van der Waals surface area contributed by atoms with Crippen LogP contribution in [0.3, 0.4) is 0 Å². The summed E-state index contributed by atoms with van der Waals surface area (Å²) in [5.41, 5.74) is 2.94. The van der Waals surface area contributed by atoms with Crippen LogP contribution in [-0.2, 0) is 0 Å². The molecule has 0 unspecified atom stereocenters. The summed E-state index contributed by atoms with van der Waals surface area (Å²) in [6.07, 6.45) is 11.7. The SMILES string of the molecule is CCC[C@H](C)Nc1ncc2c(C3CCN(C(=O)c4cccc(OC)c4)CC3)cn([C@H]3CC[C@H](O)CC3)c2n1. The summed E-state index contributed by atoms with van der Waals surface area (Å²) in [6, 6.07) is 8.05. The summed E-state index contributed by atoms with van der Waals surface area (Å²) >= 11 is 0. The molecule has 0 spiro atoms. The fourth-order valence-electron chi connectivity index (χ4n) is 6.12. The Hall–Kier alpha value is -3.13. The molecule has 38 heavy (non-hydrogen) atoms. The monoisotopic (exact) mass is 519 g/mol. The first-order valence-corrected chi connectivity index (χ1v) is 14.2. The summed E-state index contributed by atoms with van der Waals surface area (Å²) in [7, 11) is 1.62. The van der Waals surface area contributed by atoms with Crippen molar-refractivity contribution in [2.45, 2.75) is 89.3 Å². The highest BCUT2D eigenvalue weighted by molar-refractivity contribution is 5.94. The maximum Gasteiger partial charge on any atom is 0.253 e. The predicted molar refractivity (Wildman–Crippen MR) is 150 cm³/mol. The number of likely N-dealkylation sites (tertiary alicyclic amines) is 1. The Morgan fingerprint density at radius 2 is 1.95 bits per heavy atom. The number of hydrogen-bond donors (Lipinski definition) is 2. The Morgan fingerprint density at radius 1 is 1.18 bits per heavy atom. The molecule has 3 heterocycles. The van der Waals surface area contributed by atoms with Gasteiger partial charge in [-0.1, -0.05) is 19.4 Å². The fraction of sp³-hybridized carbons (Fsp3) is 0.567. The molecule has 1 saturated heterocycles. The Kier molecular flexibility index (Phi) is 8.17. The molecule has 0 radical (unpaired) electrons. The van der Waals surface area contributed by atoms with E-state index in [2.05, 4.69) is 29.9 Å². The summed E-state index contributed by atoms with van der Waals surface area (Å²) in [4.78, 5) is 24.8. The first-order chi connectivity index (χ1) is 18.5. The number of ether oxygens (including phenoxy) is 1. The van der Waals surface area contributed by atoms with Crippen molar-refractivity contribution in [3.8, 4) is 5.75 Å². The van der Waals surface area contributed by atoms with Gasteiger partial charge in [-0.05, 0) is 81.5 Å². The Bertz CT molecular complexity index is 1240. The van der Waals surface area contributed by atoms with E-state index in [1.54, 1.807) is 7.11 Å². The van der Waals surface area contributed by atoms with Gasteiger partial charge in [-0.25, -0.2) is 4.98 Å². The van der Waals surface area contributed by atoms with Crippen molar-refractivity contribution in [3.63, 3.8) is 0 Å². The molecular formula is C30H41N5O3. The van der Waals surface area contributed by atoms with Gasteiger partial charge >= 0.3 is 0 Å². The quantitative estimate of drug-likeness (QED) is 0.406. The van der Waals surface area contributed by atoms with Crippen LogP contribution in [0, 0.1) is 0 Å². The van der Waals surface area contributed by atoms with E-state index in [4.69, 9.17) is 14.7 Å². The molecule has 1 atom stereocenters. The molecule has 1 saturated carbocycles. The van der Waals surface area contributed by atoms with Gasteiger partial charge in [-0.2, -0.15) is 4.98 Å². The van der Waals surface area contributed by atoms with Gasteiger partial charge in [0.05, 0.1) is 13.2 Å². The molecule has 2 aliphatic rings. The molecule has 2 aromatic heterocycles. The summed E-state index contributed by atoms with van der Waals surface area (Å²) in [5, 5.41) is 14.7. The van der Waals surface area contributed by atoms with Crippen molar-refractivity contribution < 1.29 is 14.6 Å². The minimum Gasteiger partial charge on any atom is -0.497 e. The van der Waals surface area contributed by atoms with Crippen LogP contribution in [0.5, 0.6) is 5.75 Å². The highest BCUT2D eigenvalue weighted by Crippen LogP contribution is 2.38. The minimum atomic E-state index is -0.194. The van der Waals surface area contributed by atoms with Crippen LogP contribution in [0.15, 0.2) is 36.7 Å². The standard InChI is InChI=1S/C30H41N5O3/c1-4-6-20(2)32-30-31-18-26-27(19-35(28(26)33-30)23-9-11-24(36)12-10-23)21-13-15-34(16-14-21)29(37)22-7-5-8-25(17-22)38-3/h5,7-8,17-21,23-24,36H,4,6,9-16H2,1-3H3,(H,31,32,33)/t20-,23-,24-/m0/s1. The second kappa shape index (κ2) is 11.7. The number of hydrogen-bond acceptors (Lipinski definition) is 6. The van der Waals surface area contributed by atoms with Crippen LogP contribution in [0.25, 0.3) is 11.0 Å². The van der Waals surface area contributed by atoms with Gasteiger partial charge in [0.1, 0.15) is 11.4 Å². The van der Waals surface area contributed by atoms with Crippen LogP contribution in [0.1, 0.15) is 93.1 Å². The summed E-state index contributed by atoms with van der Waals surface area (Å²) < 4.78 is 7.65. The van der Waals surface area contributed by atoms with Crippen molar-refractivity contribution in [2.75, 3.05) is 25.5 Å². The van der Waals surface area contributed by atoms with Crippen molar-refractivity contribution in [1.82, 2.24) is 19.4 Å². The van der Waals surface area contributed by atoms with Crippen molar-refractivity contribution >= 4 is 22.9 Å². The first-order valence-electron chi connectivity index (χ1n) is 14.2. The second-order valence-electron chi connectivity index (χ2n) is 11.0. The lowest BCUT2D eigenvalue weighted by Gasteiger charge is -2.32. The maximum absolute atomic E-state index is 13.2. The van der Waals surface area contributed by atoms with Crippen LogP contribution < -0.4 is 10.1 Å². The number of carbonyl (C=O) groups excluding carboxylic acids is 1. The fourth-order valence-corrected chi connectivity index (χ4v) is 6.12. The Morgan fingerprint density at radius 3 is 2.66 bits per heavy atom. The number of nitrogens with one attached hydrogen (secondary N) is 1. The number of aliphatic hydroxyl groups is 1. The molecule has 8 nitrogen and oxygen atoms in total. The zero-order chi connectivity index (χ0) is 26.6. The number of piperidine rings is 1. The molecule has 1 aliphatic carbocycles. The third-order valence-electron chi connectivity index (χ3n) is 8.30. The molecule has 5 rings (SSSR count). The Balaban J connectivity index is 1.37. The molecule has 1 amide bonds. The number of amides is 1. The molecule has 1 aliphatic heterocycles. The van der Waals surface area contributed by atoms with E-state index in [0.717, 1.165) is 75.5 Å². The molecule has 2 fully saturated rings. The molecule has 204 valence electrons. The molecule has 2 N–H and O–H groups in total. The van der Waals surface area contributed by atoms with Crippen molar-refractivity contribution in [3.05, 3.63) is 47.8 Å². The zero-order valence-corrected chi connectivity index (χ0v) is 22.9. The van der Waals surface area contributed by atoms with Crippen LogP contribution >= 0.6 is 0 Å².